The van der Waals surface area contributed by atoms with Gasteiger partial charge in [-0.3, -0.25) is 15.1 Å². The van der Waals surface area contributed by atoms with Crippen molar-refractivity contribution < 1.29 is 9.34 Å². The largest absolute Gasteiger partial charge is 0.464 e. The molecule has 1 N–H and O–H groups in total. The topological polar surface area (TPSA) is 83.9 Å². The van der Waals surface area contributed by atoms with Crippen LogP contribution in [0.15, 0.2) is 21.5 Å². The fourth-order valence-electron chi connectivity index (χ4n) is 4.72. The lowest BCUT2D eigenvalue weighted by molar-refractivity contribution is -0.463. The molecule has 0 aliphatic heterocycles. The van der Waals surface area contributed by atoms with Crippen LogP contribution in [0, 0.1) is 27.9 Å². The van der Waals surface area contributed by atoms with Gasteiger partial charge in [0.2, 0.25) is 0 Å². The number of furan rings is 1. The molecule has 2 aliphatic rings. The minimum atomic E-state index is -0.300. The molecule has 0 amide bonds. The summed E-state index contributed by atoms with van der Waals surface area (Å²) in [6, 6.07) is 4.04. The number of hydrogen-bond donors (Lipinski definition) is 1. The van der Waals surface area contributed by atoms with Gasteiger partial charge in [0.1, 0.15) is 11.5 Å². The summed E-state index contributed by atoms with van der Waals surface area (Å²) in [5.41, 5.74) is 0. The highest BCUT2D eigenvalue weighted by molar-refractivity contribution is 7.98. The molecule has 7 nitrogen and oxygen atoms in total. The lowest BCUT2D eigenvalue weighted by Crippen LogP contribution is -2.32. The third kappa shape index (κ3) is 7.33. The van der Waals surface area contributed by atoms with Gasteiger partial charge in [-0.15, -0.1) is 0 Å². The highest BCUT2D eigenvalue weighted by Crippen LogP contribution is 2.49. The Morgan fingerprint density at radius 1 is 1.34 bits per heavy atom. The zero-order valence-electron chi connectivity index (χ0n) is 17.6. The van der Waals surface area contributed by atoms with E-state index >= 15 is 0 Å². The van der Waals surface area contributed by atoms with E-state index < -0.39 is 0 Å². The molecular weight excluding hydrogens is 388 g/mol. The van der Waals surface area contributed by atoms with Gasteiger partial charge in [0.05, 0.1) is 12.3 Å². The number of nitrogens with zero attached hydrogens (tertiary/aromatic N) is 3. The molecule has 3 rings (SSSR count). The van der Waals surface area contributed by atoms with Crippen LogP contribution in [0.1, 0.15) is 43.6 Å². The van der Waals surface area contributed by atoms with Gasteiger partial charge in [0, 0.05) is 23.8 Å². The van der Waals surface area contributed by atoms with Crippen LogP contribution < -0.4 is 5.32 Å². The van der Waals surface area contributed by atoms with Gasteiger partial charge in [-0.05, 0) is 69.7 Å². The number of nitro groups is 1. The van der Waals surface area contributed by atoms with Crippen LogP contribution in [-0.2, 0) is 12.3 Å². The number of fused-ring (bicyclic) bond motifs is 2. The summed E-state index contributed by atoms with van der Waals surface area (Å²) in [5.74, 6) is 6.74. The molecule has 8 heteroatoms. The van der Waals surface area contributed by atoms with E-state index in [2.05, 4.69) is 15.2 Å². The minimum Gasteiger partial charge on any atom is -0.464 e. The smallest absolute Gasteiger partial charge is 0.259 e. The van der Waals surface area contributed by atoms with Crippen molar-refractivity contribution in [3.8, 4) is 0 Å². The molecule has 29 heavy (non-hydrogen) atoms. The average Bonchev–Trinajstić information content (AvgIpc) is 3.37. The number of amidine groups is 1. The molecule has 0 radical (unpaired) electrons. The van der Waals surface area contributed by atoms with Crippen LogP contribution in [0.25, 0.3) is 0 Å². The van der Waals surface area contributed by atoms with Crippen molar-refractivity contribution in [2.24, 2.45) is 22.7 Å². The fourth-order valence-corrected chi connectivity index (χ4v) is 5.46. The second-order valence-corrected chi connectivity index (χ2v) is 9.73. The number of nitrogens with one attached hydrogen (secondary N) is 1. The quantitative estimate of drug-likeness (QED) is 0.182. The van der Waals surface area contributed by atoms with Crippen LogP contribution >= 0.6 is 11.8 Å². The van der Waals surface area contributed by atoms with Crippen LogP contribution in [-0.4, -0.2) is 55.1 Å². The Bertz CT molecular complexity index is 691. The van der Waals surface area contributed by atoms with E-state index in [4.69, 9.17) is 4.42 Å². The molecule has 2 aliphatic carbocycles. The van der Waals surface area contributed by atoms with Crippen molar-refractivity contribution in [1.82, 2.24) is 10.2 Å². The Kier molecular flexibility index (Phi) is 8.41. The molecule has 1 aromatic heterocycles. The molecule has 0 spiro atoms. The molecule has 162 valence electrons. The van der Waals surface area contributed by atoms with E-state index in [0.717, 1.165) is 53.7 Å². The number of hydrogen-bond acceptors (Lipinski definition) is 6. The summed E-state index contributed by atoms with van der Waals surface area (Å²) in [5, 5.41) is 14.1. The Morgan fingerprint density at radius 3 is 2.86 bits per heavy atom. The maximum Gasteiger partial charge on any atom is 0.259 e. The van der Waals surface area contributed by atoms with Crippen molar-refractivity contribution in [2.45, 2.75) is 44.4 Å². The Labute approximate surface area is 177 Å². The van der Waals surface area contributed by atoms with E-state index in [-0.39, 0.29) is 11.5 Å². The first-order valence-electron chi connectivity index (χ1n) is 10.7. The molecule has 1 aromatic rings. The van der Waals surface area contributed by atoms with Gasteiger partial charge in [-0.25, -0.2) is 0 Å². The first kappa shape index (κ1) is 22.2. The fraction of sp³-hybridized carbons (Fsp3) is 0.762. The third-order valence-electron chi connectivity index (χ3n) is 5.98. The summed E-state index contributed by atoms with van der Waals surface area (Å²) in [4.78, 5) is 17.3. The van der Waals surface area contributed by atoms with E-state index in [9.17, 15) is 10.1 Å². The normalized spacial score (nSPS) is 23.8. The predicted octanol–water partition coefficient (Wildman–Crippen LogP) is 3.67. The highest BCUT2D eigenvalue weighted by atomic mass is 32.2. The Hall–Kier alpha value is -1.54. The average molecular weight is 423 g/mol. The Morgan fingerprint density at radius 2 is 2.17 bits per heavy atom. The predicted molar refractivity (Wildman–Crippen MR) is 118 cm³/mol. The van der Waals surface area contributed by atoms with Crippen molar-refractivity contribution in [2.75, 3.05) is 39.5 Å². The van der Waals surface area contributed by atoms with E-state index in [1.807, 2.05) is 26.2 Å². The summed E-state index contributed by atoms with van der Waals surface area (Å²) >= 11 is 1.76. The van der Waals surface area contributed by atoms with Crippen LogP contribution in [0.4, 0.5) is 0 Å². The minimum absolute atomic E-state index is 0.215. The van der Waals surface area contributed by atoms with Gasteiger partial charge in [0.25, 0.3) is 6.54 Å². The monoisotopic (exact) mass is 422 g/mol. The lowest BCUT2D eigenvalue weighted by Gasteiger charge is -2.20. The van der Waals surface area contributed by atoms with Crippen LogP contribution in [0.5, 0.6) is 0 Å². The highest BCUT2D eigenvalue weighted by Gasteiger charge is 2.38. The van der Waals surface area contributed by atoms with E-state index in [0.29, 0.717) is 18.9 Å². The van der Waals surface area contributed by atoms with Crippen molar-refractivity contribution in [1.29, 1.82) is 0 Å². The van der Waals surface area contributed by atoms with E-state index in [1.165, 1.54) is 25.7 Å². The summed E-state index contributed by atoms with van der Waals surface area (Å²) in [6.45, 7) is 1.97. The van der Waals surface area contributed by atoms with E-state index in [1.54, 1.807) is 11.8 Å². The van der Waals surface area contributed by atoms with Crippen LogP contribution in [0.3, 0.4) is 0 Å². The Balaban J connectivity index is 1.34. The van der Waals surface area contributed by atoms with Crippen LogP contribution in [0.2, 0.25) is 0 Å². The van der Waals surface area contributed by atoms with Crippen molar-refractivity contribution >= 4 is 17.6 Å². The first-order chi connectivity index (χ1) is 14.0. The summed E-state index contributed by atoms with van der Waals surface area (Å²) in [7, 11) is 4.04. The SMILES string of the molecule is CN(C)Cc1ccc(CSCCNC(C[N+](=O)[O-])=NCCC2CC3CCC2C3)o1. The van der Waals surface area contributed by atoms with Crippen molar-refractivity contribution in [3.63, 3.8) is 0 Å². The molecule has 2 saturated carbocycles. The molecule has 2 fully saturated rings. The van der Waals surface area contributed by atoms with Gasteiger partial charge >= 0.3 is 0 Å². The maximum atomic E-state index is 10.9. The summed E-state index contributed by atoms with van der Waals surface area (Å²) in [6.07, 6.45) is 6.61. The zero-order valence-corrected chi connectivity index (χ0v) is 18.5. The molecule has 0 aromatic carbocycles. The molecule has 2 bridgehead atoms. The molecule has 3 atom stereocenters. The molecule has 1 heterocycles. The second kappa shape index (κ2) is 11.0. The first-order valence-corrected chi connectivity index (χ1v) is 11.8. The van der Waals surface area contributed by atoms with Gasteiger partial charge < -0.3 is 14.6 Å². The third-order valence-corrected chi connectivity index (χ3v) is 6.96. The summed E-state index contributed by atoms with van der Waals surface area (Å²) < 4.78 is 5.80. The lowest BCUT2D eigenvalue weighted by atomic mass is 9.86. The molecule has 3 unspecified atom stereocenters. The van der Waals surface area contributed by atoms with Gasteiger partial charge in [0.15, 0.2) is 5.84 Å². The molecular formula is C21H34N4O3S. The number of thioether (sulfide) groups is 1. The maximum absolute atomic E-state index is 10.9. The number of aliphatic imine (C=N–C) groups is 1. The second-order valence-electron chi connectivity index (χ2n) is 8.63. The van der Waals surface area contributed by atoms with Gasteiger partial charge in [-0.1, -0.05) is 6.42 Å². The van der Waals surface area contributed by atoms with Gasteiger partial charge in [-0.2, -0.15) is 11.8 Å². The zero-order chi connectivity index (χ0) is 20.6. The van der Waals surface area contributed by atoms with Crippen molar-refractivity contribution in [3.05, 3.63) is 33.8 Å². The number of rotatable bonds is 12. The standard InChI is InChI=1S/C21H34N4O3S/c1-24(2)13-19-5-6-20(28-19)15-29-10-9-23-21(14-25(26)27)22-8-7-18-12-16-3-4-17(18)11-16/h5-6,16-18H,3-4,7-15H2,1-2H3,(H,22,23). The molecule has 0 saturated heterocycles.